The van der Waals surface area contributed by atoms with Crippen molar-refractivity contribution < 1.29 is 9.63 Å². The Kier molecular flexibility index (Phi) is 3.41. The number of aryl methyl sites for hydroxylation is 1. The number of carbonyl (C=O) groups excluding carboxylic acids is 1. The number of hydroxylamine groups is 2. The monoisotopic (exact) mass is 220 g/mol. The Morgan fingerprint density at radius 3 is 2.88 bits per heavy atom. The van der Waals surface area contributed by atoms with Crippen molar-refractivity contribution in [1.29, 1.82) is 0 Å². The molecule has 16 heavy (non-hydrogen) atoms. The first-order chi connectivity index (χ1) is 7.81. The number of nitrogens with one attached hydrogen (secondary N) is 1. The summed E-state index contributed by atoms with van der Waals surface area (Å²) in [5, 5.41) is 4.19. The van der Waals surface area contributed by atoms with Gasteiger partial charge in [0, 0.05) is 6.54 Å². The summed E-state index contributed by atoms with van der Waals surface area (Å²) in [6, 6.07) is 10.3. The lowest BCUT2D eigenvalue weighted by molar-refractivity contribution is -0.100. The fraction of sp³-hybridized carbons (Fsp3) is 0.417. The van der Waals surface area contributed by atoms with Gasteiger partial charge in [-0.05, 0) is 18.4 Å². The third kappa shape index (κ3) is 2.33. The minimum Gasteiger partial charge on any atom is -0.334 e. The van der Waals surface area contributed by atoms with Crippen LogP contribution in [0.25, 0.3) is 0 Å². The molecule has 1 aliphatic rings. The Hall–Kier alpha value is -1.55. The maximum Gasteiger partial charge on any atom is 0.341 e. The van der Waals surface area contributed by atoms with Crippen LogP contribution in [0.4, 0.5) is 4.79 Å². The molecule has 4 heteroatoms. The van der Waals surface area contributed by atoms with Crippen molar-refractivity contribution in [2.45, 2.75) is 18.9 Å². The average Bonchev–Trinajstić information content (AvgIpc) is 2.68. The Bertz CT molecular complexity index is 353. The number of rotatable bonds is 4. The Morgan fingerprint density at radius 2 is 2.19 bits per heavy atom. The highest BCUT2D eigenvalue weighted by Crippen LogP contribution is 2.13. The van der Waals surface area contributed by atoms with Gasteiger partial charge in [-0.15, -0.1) is 0 Å². The largest absolute Gasteiger partial charge is 0.341 e. The van der Waals surface area contributed by atoms with E-state index < -0.39 is 0 Å². The minimum absolute atomic E-state index is 0.137. The van der Waals surface area contributed by atoms with Crippen LogP contribution in [-0.2, 0) is 11.3 Å². The van der Waals surface area contributed by atoms with Crippen LogP contribution in [0, 0.1) is 0 Å². The fourth-order valence-corrected chi connectivity index (χ4v) is 1.96. The molecule has 0 saturated carbocycles. The van der Waals surface area contributed by atoms with Gasteiger partial charge in [-0.1, -0.05) is 30.3 Å². The van der Waals surface area contributed by atoms with Crippen molar-refractivity contribution >= 4 is 6.03 Å². The minimum atomic E-state index is -0.138. The molecular weight excluding hydrogens is 204 g/mol. The molecule has 1 aromatic rings. The second-order valence-corrected chi connectivity index (χ2v) is 3.87. The van der Waals surface area contributed by atoms with Gasteiger partial charge in [-0.2, -0.15) is 5.06 Å². The van der Waals surface area contributed by atoms with E-state index in [9.17, 15) is 4.79 Å². The number of benzene rings is 1. The summed E-state index contributed by atoms with van der Waals surface area (Å²) in [5.41, 5.74) is 1.29. The highest BCUT2D eigenvalue weighted by Gasteiger charge is 2.30. The molecular formula is C12H16N2O2. The van der Waals surface area contributed by atoms with E-state index in [1.807, 2.05) is 18.2 Å². The van der Waals surface area contributed by atoms with Crippen molar-refractivity contribution in [3.05, 3.63) is 35.9 Å². The summed E-state index contributed by atoms with van der Waals surface area (Å²) in [4.78, 5) is 16.4. The molecule has 0 spiro atoms. The van der Waals surface area contributed by atoms with Crippen LogP contribution in [0.5, 0.6) is 0 Å². The molecule has 0 radical (unpaired) electrons. The van der Waals surface area contributed by atoms with Gasteiger partial charge in [0.15, 0.2) is 0 Å². The summed E-state index contributed by atoms with van der Waals surface area (Å²) >= 11 is 0. The summed E-state index contributed by atoms with van der Waals surface area (Å²) in [7, 11) is 1.53. The molecule has 1 unspecified atom stereocenters. The summed E-state index contributed by atoms with van der Waals surface area (Å²) in [5.74, 6) is 0. The number of urea groups is 1. The molecule has 2 amide bonds. The number of hydrogen-bond donors (Lipinski definition) is 1. The van der Waals surface area contributed by atoms with Crippen molar-refractivity contribution in [2.75, 3.05) is 13.7 Å². The van der Waals surface area contributed by atoms with Crippen LogP contribution in [0.2, 0.25) is 0 Å². The summed E-state index contributed by atoms with van der Waals surface area (Å²) in [6.45, 7) is 0.666. The van der Waals surface area contributed by atoms with E-state index >= 15 is 0 Å². The standard InChI is InChI=1S/C12H16N2O2/c1-16-14-11(9-13-12(14)15)8-7-10-5-3-2-4-6-10/h2-6,11H,7-9H2,1H3,(H,13,15). The number of amides is 2. The van der Waals surface area contributed by atoms with E-state index in [1.54, 1.807) is 0 Å². The predicted octanol–water partition coefficient (Wildman–Crippen LogP) is 1.57. The fourth-order valence-electron chi connectivity index (χ4n) is 1.96. The van der Waals surface area contributed by atoms with E-state index in [2.05, 4.69) is 17.4 Å². The maximum atomic E-state index is 11.3. The van der Waals surface area contributed by atoms with Gasteiger partial charge >= 0.3 is 6.03 Å². The average molecular weight is 220 g/mol. The molecule has 1 fully saturated rings. The second kappa shape index (κ2) is 4.99. The van der Waals surface area contributed by atoms with E-state index in [4.69, 9.17) is 4.84 Å². The SMILES string of the molecule is CON1C(=O)NCC1CCc1ccccc1. The third-order valence-corrected chi connectivity index (χ3v) is 2.83. The van der Waals surface area contributed by atoms with Crippen LogP contribution in [-0.4, -0.2) is 30.8 Å². The molecule has 1 aliphatic heterocycles. The molecule has 0 aromatic heterocycles. The van der Waals surface area contributed by atoms with Crippen LogP contribution in [0.1, 0.15) is 12.0 Å². The van der Waals surface area contributed by atoms with Crippen molar-refractivity contribution in [2.24, 2.45) is 0 Å². The van der Waals surface area contributed by atoms with Gasteiger partial charge in [0.25, 0.3) is 0 Å². The van der Waals surface area contributed by atoms with Crippen LogP contribution >= 0.6 is 0 Å². The molecule has 2 rings (SSSR count). The maximum absolute atomic E-state index is 11.3. The number of hydrogen-bond acceptors (Lipinski definition) is 2. The molecule has 1 N–H and O–H groups in total. The Balaban J connectivity index is 1.89. The number of nitrogens with zero attached hydrogens (tertiary/aromatic N) is 1. The van der Waals surface area contributed by atoms with Gasteiger partial charge < -0.3 is 5.32 Å². The molecule has 1 aromatic carbocycles. The van der Waals surface area contributed by atoms with Gasteiger partial charge in [-0.3, -0.25) is 4.84 Å². The first kappa shape index (κ1) is 11.0. The zero-order valence-corrected chi connectivity index (χ0v) is 9.35. The molecule has 1 saturated heterocycles. The zero-order valence-electron chi connectivity index (χ0n) is 9.35. The lowest BCUT2D eigenvalue weighted by Gasteiger charge is -2.19. The predicted molar refractivity (Wildman–Crippen MR) is 60.8 cm³/mol. The van der Waals surface area contributed by atoms with E-state index in [0.29, 0.717) is 6.54 Å². The highest BCUT2D eigenvalue weighted by atomic mass is 16.7. The topological polar surface area (TPSA) is 41.6 Å². The second-order valence-electron chi connectivity index (χ2n) is 3.87. The molecule has 0 aliphatic carbocycles. The first-order valence-electron chi connectivity index (χ1n) is 5.46. The smallest absolute Gasteiger partial charge is 0.334 e. The van der Waals surface area contributed by atoms with Gasteiger partial charge in [0.05, 0.1) is 13.2 Å². The lowest BCUT2D eigenvalue weighted by Crippen LogP contribution is -2.33. The van der Waals surface area contributed by atoms with Crippen LogP contribution < -0.4 is 5.32 Å². The zero-order chi connectivity index (χ0) is 11.4. The summed E-state index contributed by atoms with van der Waals surface area (Å²) in [6.07, 6.45) is 1.87. The van der Waals surface area contributed by atoms with Gasteiger partial charge in [-0.25, -0.2) is 4.79 Å². The van der Waals surface area contributed by atoms with Gasteiger partial charge in [0.2, 0.25) is 0 Å². The highest BCUT2D eigenvalue weighted by molar-refractivity contribution is 5.75. The van der Waals surface area contributed by atoms with Gasteiger partial charge in [0.1, 0.15) is 0 Å². The molecule has 1 heterocycles. The first-order valence-corrected chi connectivity index (χ1v) is 5.46. The summed E-state index contributed by atoms with van der Waals surface area (Å²) < 4.78 is 0. The molecule has 1 atom stereocenters. The van der Waals surface area contributed by atoms with Crippen LogP contribution in [0.15, 0.2) is 30.3 Å². The van der Waals surface area contributed by atoms with E-state index in [-0.39, 0.29) is 12.1 Å². The van der Waals surface area contributed by atoms with Crippen molar-refractivity contribution in [3.8, 4) is 0 Å². The Morgan fingerprint density at radius 1 is 1.44 bits per heavy atom. The quantitative estimate of drug-likeness (QED) is 0.837. The normalized spacial score (nSPS) is 19.9. The Labute approximate surface area is 95.2 Å². The molecule has 0 bridgehead atoms. The number of carbonyl (C=O) groups is 1. The molecule has 86 valence electrons. The van der Waals surface area contributed by atoms with Crippen LogP contribution in [0.3, 0.4) is 0 Å². The van der Waals surface area contributed by atoms with E-state index in [1.165, 1.54) is 17.7 Å². The molecule has 4 nitrogen and oxygen atoms in total. The van der Waals surface area contributed by atoms with Crippen molar-refractivity contribution in [3.63, 3.8) is 0 Å². The van der Waals surface area contributed by atoms with Crippen molar-refractivity contribution in [1.82, 2.24) is 10.4 Å². The third-order valence-electron chi connectivity index (χ3n) is 2.83. The lowest BCUT2D eigenvalue weighted by atomic mass is 10.1. The van der Waals surface area contributed by atoms with E-state index in [0.717, 1.165) is 12.8 Å².